The average molecular weight is 397 g/mol. The van der Waals surface area contributed by atoms with E-state index in [-0.39, 0.29) is 3.57 Å². The molecule has 19 heavy (non-hydrogen) atoms. The molecule has 0 aliphatic heterocycles. The van der Waals surface area contributed by atoms with Crippen LogP contribution in [0.2, 0.25) is 0 Å². The highest BCUT2D eigenvalue weighted by Gasteiger charge is 2.34. The lowest BCUT2D eigenvalue weighted by Crippen LogP contribution is -2.21. The number of nitrogens with zero attached hydrogens (tertiary/aromatic N) is 1. The van der Waals surface area contributed by atoms with Gasteiger partial charge in [-0.2, -0.15) is 0 Å². The van der Waals surface area contributed by atoms with Gasteiger partial charge in [0.2, 0.25) is 0 Å². The Morgan fingerprint density at radius 2 is 2.00 bits per heavy atom. The normalized spacial score (nSPS) is 11.6. The van der Waals surface area contributed by atoms with Gasteiger partial charge in [-0.3, -0.25) is 0 Å². The molecule has 106 valence electrons. The van der Waals surface area contributed by atoms with E-state index in [1.54, 1.807) is 0 Å². The van der Waals surface area contributed by atoms with Crippen molar-refractivity contribution in [3.8, 4) is 5.75 Å². The van der Waals surface area contributed by atoms with E-state index < -0.39 is 35.9 Å². The number of alkyl halides is 5. The summed E-state index contributed by atoms with van der Waals surface area (Å²) in [5, 5.41) is 0. The second kappa shape index (κ2) is 5.84. The first kappa shape index (κ1) is 15.9. The predicted molar refractivity (Wildman–Crippen MR) is 59.9 cm³/mol. The Balaban J connectivity index is 3.36. The number of carbonyl (C=O) groups excluding carboxylic acids is 1. The van der Waals surface area contributed by atoms with E-state index >= 15 is 0 Å². The number of aromatic nitrogens is 1. The van der Waals surface area contributed by atoms with Gasteiger partial charge < -0.3 is 9.47 Å². The first-order chi connectivity index (χ1) is 8.65. The summed E-state index contributed by atoms with van der Waals surface area (Å²) in [7, 11) is 0.876. The SMILES string of the molecule is COC(=O)c1nc(C(F)F)c(I)cc1OC(F)(F)F. The Morgan fingerprint density at radius 3 is 2.42 bits per heavy atom. The molecule has 0 saturated carbocycles. The van der Waals surface area contributed by atoms with E-state index in [1.807, 2.05) is 0 Å². The maximum absolute atomic E-state index is 12.6. The van der Waals surface area contributed by atoms with Crippen molar-refractivity contribution in [3.05, 3.63) is 21.0 Å². The van der Waals surface area contributed by atoms with Crippen molar-refractivity contribution in [2.75, 3.05) is 7.11 Å². The van der Waals surface area contributed by atoms with Crippen molar-refractivity contribution in [1.29, 1.82) is 0 Å². The third-order valence-corrected chi connectivity index (χ3v) is 2.64. The molecule has 0 aliphatic rings. The topological polar surface area (TPSA) is 48.4 Å². The van der Waals surface area contributed by atoms with Crippen LogP contribution in [0.5, 0.6) is 5.75 Å². The highest BCUT2D eigenvalue weighted by molar-refractivity contribution is 14.1. The fraction of sp³-hybridized carbons (Fsp3) is 0.333. The van der Waals surface area contributed by atoms with Crippen LogP contribution in [0.15, 0.2) is 6.07 Å². The molecule has 1 aromatic heterocycles. The maximum Gasteiger partial charge on any atom is 0.573 e. The van der Waals surface area contributed by atoms with Crippen molar-refractivity contribution in [1.82, 2.24) is 4.98 Å². The van der Waals surface area contributed by atoms with E-state index in [0.29, 0.717) is 6.07 Å². The number of carbonyl (C=O) groups is 1. The number of halogens is 6. The number of hydrogen-bond donors (Lipinski definition) is 0. The fourth-order valence-corrected chi connectivity index (χ4v) is 1.72. The van der Waals surface area contributed by atoms with E-state index in [4.69, 9.17) is 0 Å². The van der Waals surface area contributed by atoms with Gasteiger partial charge in [-0.1, -0.05) is 0 Å². The third kappa shape index (κ3) is 4.14. The third-order valence-electron chi connectivity index (χ3n) is 1.78. The molecule has 1 rings (SSSR count). The first-order valence-electron chi connectivity index (χ1n) is 4.48. The quantitative estimate of drug-likeness (QED) is 0.446. The Hall–Kier alpha value is -1.20. The summed E-state index contributed by atoms with van der Waals surface area (Å²) < 4.78 is 69.0. The highest BCUT2D eigenvalue weighted by Crippen LogP contribution is 2.31. The van der Waals surface area contributed by atoms with Crippen molar-refractivity contribution in [3.63, 3.8) is 0 Å². The van der Waals surface area contributed by atoms with E-state index in [1.165, 1.54) is 22.6 Å². The largest absolute Gasteiger partial charge is 0.573 e. The van der Waals surface area contributed by atoms with Gasteiger partial charge in [0.1, 0.15) is 5.69 Å². The Bertz CT molecular complexity index is 491. The number of rotatable bonds is 3. The van der Waals surface area contributed by atoms with Crippen LogP contribution in [0.1, 0.15) is 22.6 Å². The smallest absolute Gasteiger partial charge is 0.464 e. The summed E-state index contributed by atoms with van der Waals surface area (Å²) in [4.78, 5) is 14.4. The summed E-state index contributed by atoms with van der Waals surface area (Å²) in [5.74, 6) is -2.30. The zero-order chi connectivity index (χ0) is 14.8. The van der Waals surface area contributed by atoms with E-state index in [2.05, 4.69) is 14.5 Å². The van der Waals surface area contributed by atoms with Crippen LogP contribution in [0.4, 0.5) is 22.0 Å². The van der Waals surface area contributed by atoms with Gasteiger partial charge in [0.25, 0.3) is 6.43 Å². The Labute approximate surface area is 117 Å². The van der Waals surface area contributed by atoms with E-state index in [0.717, 1.165) is 7.11 Å². The summed E-state index contributed by atoms with van der Waals surface area (Å²) >= 11 is 1.36. The number of pyridine rings is 1. The van der Waals surface area contributed by atoms with Crippen molar-refractivity contribution < 1.29 is 36.2 Å². The lowest BCUT2D eigenvalue weighted by Gasteiger charge is -2.13. The molecule has 0 bridgehead atoms. The van der Waals surface area contributed by atoms with Crippen LogP contribution in [0, 0.1) is 3.57 Å². The van der Waals surface area contributed by atoms with Gasteiger partial charge >= 0.3 is 12.3 Å². The monoisotopic (exact) mass is 397 g/mol. The maximum atomic E-state index is 12.6. The lowest BCUT2D eigenvalue weighted by molar-refractivity contribution is -0.274. The lowest BCUT2D eigenvalue weighted by atomic mass is 10.2. The van der Waals surface area contributed by atoms with Gasteiger partial charge in [0.05, 0.1) is 7.11 Å². The van der Waals surface area contributed by atoms with Gasteiger partial charge in [-0.25, -0.2) is 18.6 Å². The van der Waals surface area contributed by atoms with Gasteiger partial charge in [-0.05, 0) is 28.7 Å². The summed E-state index contributed by atoms with van der Waals surface area (Å²) in [6.45, 7) is 0. The second-order valence-electron chi connectivity index (χ2n) is 3.04. The molecule has 4 nitrogen and oxygen atoms in total. The molecule has 0 spiro atoms. The molecule has 0 aromatic carbocycles. The van der Waals surface area contributed by atoms with Crippen LogP contribution in [0.25, 0.3) is 0 Å². The van der Waals surface area contributed by atoms with Crippen LogP contribution in [0.3, 0.4) is 0 Å². The van der Waals surface area contributed by atoms with Crippen LogP contribution in [-0.2, 0) is 4.74 Å². The molecule has 0 atom stereocenters. The van der Waals surface area contributed by atoms with Gasteiger partial charge in [-0.15, -0.1) is 13.2 Å². The number of methoxy groups -OCH3 is 1. The zero-order valence-corrected chi connectivity index (χ0v) is 11.3. The van der Waals surface area contributed by atoms with E-state index in [9.17, 15) is 26.7 Å². The molecule has 0 fully saturated rings. The molecule has 0 saturated heterocycles. The van der Waals surface area contributed by atoms with Crippen molar-refractivity contribution in [2.45, 2.75) is 12.8 Å². The summed E-state index contributed by atoms with van der Waals surface area (Å²) in [5.41, 5.74) is -1.79. The average Bonchev–Trinajstić information content (AvgIpc) is 2.25. The van der Waals surface area contributed by atoms with Crippen LogP contribution in [-0.4, -0.2) is 24.4 Å². The minimum Gasteiger partial charge on any atom is -0.464 e. The molecule has 0 unspecified atom stereocenters. The molecule has 1 heterocycles. The summed E-state index contributed by atoms with van der Waals surface area (Å²) in [6, 6.07) is 0.648. The van der Waals surface area contributed by atoms with Gasteiger partial charge in [0, 0.05) is 3.57 Å². The molecular formula is C9H5F5INO3. The molecule has 0 radical (unpaired) electrons. The number of hydrogen-bond acceptors (Lipinski definition) is 4. The predicted octanol–water partition coefficient (Wildman–Crippen LogP) is 3.31. The van der Waals surface area contributed by atoms with Crippen molar-refractivity contribution >= 4 is 28.6 Å². The molecule has 0 aliphatic carbocycles. The standard InChI is InChI=1S/C9H5F5INO3/c1-18-8(17)6-4(19-9(12,13)14)2-3(15)5(16-6)7(10)11/h2,7H,1H3. The Morgan fingerprint density at radius 1 is 1.42 bits per heavy atom. The van der Waals surface area contributed by atoms with Crippen molar-refractivity contribution in [2.24, 2.45) is 0 Å². The molecule has 0 N–H and O–H groups in total. The summed E-state index contributed by atoms with van der Waals surface area (Å²) in [6.07, 6.45) is -8.13. The highest BCUT2D eigenvalue weighted by atomic mass is 127. The molecule has 0 amide bonds. The minimum atomic E-state index is -5.08. The zero-order valence-electron chi connectivity index (χ0n) is 9.09. The number of esters is 1. The molecular weight excluding hydrogens is 392 g/mol. The molecule has 1 aromatic rings. The minimum absolute atomic E-state index is 0.264. The van der Waals surface area contributed by atoms with Crippen LogP contribution < -0.4 is 4.74 Å². The van der Waals surface area contributed by atoms with Gasteiger partial charge in [0.15, 0.2) is 11.4 Å². The first-order valence-corrected chi connectivity index (χ1v) is 5.56. The Kier molecular flexibility index (Phi) is 4.87. The van der Waals surface area contributed by atoms with Crippen LogP contribution >= 0.6 is 22.6 Å². The number of ether oxygens (including phenoxy) is 2. The molecule has 10 heteroatoms. The fourth-order valence-electron chi connectivity index (χ4n) is 1.08. The second-order valence-corrected chi connectivity index (χ2v) is 4.20.